The first kappa shape index (κ1) is 13.5. The van der Waals surface area contributed by atoms with E-state index in [-0.39, 0.29) is 11.4 Å². The molecule has 1 aliphatic heterocycles. The lowest BCUT2D eigenvalue weighted by Crippen LogP contribution is -2.51. The van der Waals surface area contributed by atoms with Gasteiger partial charge in [-0.1, -0.05) is 6.92 Å². The van der Waals surface area contributed by atoms with Crippen molar-refractivity contribution in [3.05, 3.63) is 0 Å². The van der Waals surface area contributed by atoms with Crippen molar-refractivity contribution >= 4 is 5.91 Å². The zero-order valence-corrected chi connectivity index (χ0v) is 11.4. The maximum Gasteiger partial charge on any atom is 0.222 e. The quantitative estimate of drug-likeness (QED) is 0.720. The van der Waals surface area contributed by atoms with Crippen LogP contribution in [-0.2, 0) is 4.79 Å². The monoisotopic (exact) mass is 226 g/mol. The molecular formula is C13H26N2O. The molecule has 3 nitrogen and oxygen atoms in total. The van der Waals surface area contributed by atoms with Crippen LogP contribution in [-0.4, -0.2) is 47.4 Å². The van der Waals surface area contributed by atoms with Gasteiger partial charge in [0.25, 0.3) is 0 Å². The smallest absolute Gasteiger partial charge is 0.222 e. The van der Waals surface area contributed by atoms with Crippen LogP contribution < -0.4 is 0 Å². The molecule has 0 aliphatic carbocycles. The second kappa shape index (κ2) is 5.17. The fourth-order valence-electron chi connectivity index (χ4n) is 2.38. The Morgan fingerprint density at radius 1 is 1.31 bits per heavy atom. The molecule has 1 rings (SSSR count). The third-order valence-electron chi connectivity index (χ3n) is 3.66. The Balaban J connectivity index is 2.46. The summed E-state index contributed by atoms with van der Waals surface area (Å²) in [4.78, 5) is 16.1. The van der Waals surface area contributed by atoms with Crippen LogP contribution >= 0.6 is 0 Å². The minimum Gasteiger partial charge on any atom is -0.343 e. The summed E-state index contributed by atoms with van der Waals surface area (Å²) in [6, 6.07) is 0.450. The number of amides is 1. The molecule has 1 fully saturated rings. The average Bonchev–Trinajstić information content (AvgIpc) is 2.26. The molecule has 0 spiro atoms. The summed E-state index contributed by atoms with van der Waals surface area (Å²) in [6.07, 6.45) is 2.84. The van der Waals surface area contributed by atoms with Crippen LogP contribution in [0.2, 0.25) is 0 Å². The second-order valence-corrected chi connectivity index (χ2v) is 5.75. The molecule has 0 atom stereocenters. The average molecular weight is 226 g/mol. The van der Waals surface area contributed by atoms with Gasteiger partial charge in [-0.2, -0.15) is 0 Å². The summed E-state index contributed by atoms with van der Waals surface area (Å²) in [6.45, 7) is 10.9. The van der Waals surface area contributed by atoms with Crippen molar-refractivity contribution in [2.75, 3.05) is 20.1 Å². The molecule has 1 amide bonds. The number of likely N-dealkylation sites (tertiary alicyclic amines) is 1. The molecule has 0 unspecified atom stereocenters. The Bertz CT molecular complexity index is 237. The summed E-state index contributed by atoms with van der Waals surface area (Å²) in [5.41, 5.74) is 0.262. The van der Waals surface area contributed by atoms with E-state index in [1.807, 2.05) is 18.9 Å². The third kappa shape index (κ3) is 3.21. The van der Waals surface area contributed by atoms with Gasteiger partial charge in [0.1, 0.15) is 0 Å². The first-order valence-corrected chi connectivity index (χ1v) is 6.37. The molecule has 0 aromatic rings. The van der Waals surface area contributed by atoms with Crippen molar-refractivity contribution < 1.29 is 4.79 Å². The van der Waals surface area contributed by atoms with Gasteiger partial charge in [-0.3, -0.25) is 9.69 Å². The molecule has 1 heterocycles. The predicted molar refractivity (Wildman–Crippen MR) is 67.4 cm³/mol. The fourth-order valence-corrected chi connectivity index (χ4v) is 2.38. The maximum atomic E-state index is 11.6. The number of hydrogen-bond acceptors (Lipinski definition) is 2. The largest absolute Gasteiger partial charge is 0.343 e. The standard InChI is InChI=1S/C13H26N2O/c1-6-12(16)14(5)11-7-9-15(10-8-11)13(2,3)4/h11H,6-10H2,1-5H3. The summed E-state index contributed by atoms with van der Waals surface area (Å²) in [7, 11) is 1.95. The van der Waals surface area contributed by atoms with Gasteiger partial charge in [-0.15, -0.1) is 0 Å². The van der Waals surface area contributed by atoms with E-state index in [1.165, 1.54) is 0 Å². The van der Waals surface area contributed by atoms with E-state index in [0.717, 1.165) is 25.9 Å². The summed E-state index contributed by atoms with van der Waals surface area (Å²) in [5, 5.41) is 0. The zero-order chi connectivity index (χ0) is 12.3. The van der Waals surface area contributed by atoms with Gasteiger partial charge >= 0.3 is 0 Å². The van der Waals surface area contributed by atoms with Gasteiger partial charge in [0.15, 0.2) is 0 Å². The fraction of sp³-hybridized carbons (Fsp3) is 0.923. The van der Waals surface area contributed by atoms with Crippen molar-refractivity contribution in [2.24, 2.45) is 0 Å². The maximum absolute atomic E-state index is 11.6. The van der Waals surface area contributed by atoms with Gasteiger partial charge in [-0.25, -0.2) is 0 Å². The van der Waals surface area contributed by atoms with Crippen LogP contribution in [0.15, 0.2) is 0 Å². The van der Waals surface area contributed by atoms with Crippen LogP contribution in [0.25, 0.3) is 0 Å². The summed E-state index contributed by atoms with van der Waals surface area (Å²) in [5.74, 6) is 0.272. The van der Waals surface area contributed by atoms with Crippen LogP contribution in [0, 0.1) is 0 Å². The van der Waals surface area contributed by atoms with Crippen molar-refractivity contribution in [3.8, 4) is 0 Å². The first-order valence-electron chi connectivity index (χ1n) is 6.37. The summed E-state index contributed by atoms with van der Waals surface area (Å²) < 4.78 is 0. The van der Waals surface area contributed by atoms with Crippen molar-refractivity contribution in [1.29, 1.82) is 0 Å². The lowest BCUT2D eigenvalue weighted by Gasteiger charge is -2.43. The molecule has 94 valence electrons. The Morgan fingerprint density at radius 2 is 1.81 bits per heavy atom. The van der Waals surface area contributed by atoms with Crippen LogP contribution in [0.5, 0.6) is 0 Å². The van der Waals surface area contributed by atoms with Gasteiger partial charge in [0.05, 0.1) is 0 Å². The van der Waals surface area contributed by atoms with E-state index >= 15 is 0 Å². The van der Waals surface area contributed by atoms with E-state index in [4.69, 9.17) is 0 Å². The molecule has 0 saturated carbocycles. The Kier molecular flexibility index (Phi) is 4.36. The van der Waals surface area contributed by atoms with E-state index in [0.29, 0.717) is 12.5 Å². The van der Waals surface area contributed by atoms with Gasteiger partial charge in [0.2, 0.25) is 5.91 Å². The third-order valence-corrected chi connectivity index (χ3v) is 3.66. The molecule has 3 heteroatoms. The Hall–Kier alpha value is -0.570. The molecule has 16 heavy (non-hydrogen) atoms. The van der Waals surface area contributed by atoms with Crippen molar-refractivity contribution in [3.63, 3.8) is 0 Å². The minimum atomic E-state index is 0.262. The number of nitrogens with zero attached hydrogens (tertiary/aromatic N) is 2. The van der Waals surface area contributed by atoms with Gasteiger partial charge in [0, 0.05) is 38.1 Å². The lowest BCUT2D eigenvalue weighted by molar-refractivity contribution is -0.132. The molecule has 0 bridgehead atoms. The molecule has 0 aromatic heterocycles. The predicted octanol–water partition coefficient (Wildman–Crippen LogP) is 2.12. The van der Waals surface area contributed by atoms with Crippen LogP contribution in [0.4, 0.5) is 0 Å². The van der Waals surface area contributed by atoms with Crippen molar-refractivity contribution in [2.45, 2.75) is 58.5 Å². The molecule has 1 aliphatic rings. The molecule has 0 N–H and O–H groups in total. The highest BCUT2D eigenvalue weighted by molar-refractivity contribution is 5.75. The first-order chi connectivity index (χ1) is 7.36. The minimum absolute atomic E-state index is 0.262. The molecule has 1 saturated heterocycles. The van der Waals surface area contributed by atoms with E-state index in [2.05, 4.69) is 25.7 Å². The van der Waals surface area contributed by atoms with Crippen molar-refractivity contribution in [1.82, 2.24) is 9.80 Å². The Morgan fingerprint density at radius 3 is 2.19 bits per heavy atom. The van der Waals surface area contributed by atoms with E-state index < -0.39 is 0 Å². The number of hydrogen-bond donors (Lipinski definition) is 0. The van der Waals surface area contributed by atoms with Gasteiger partial charge < -0.3 is 4.90 Å². The number of carbonyl (C=O) groups excluding carboxylic acids is 1. The van der Waals surface area contributed by atoms with E-state index in [9.17, 15) is 4.79 Å². The number of carbonyl (C=O) groups is 1. The highest BCUT2D eigenvalue weighted by Crippen LogP contribution is 2.22. The van der Waals surface area contributed by atoms with E-state index in [1.54, 1.807) is 0 Å². The number of rotatable bonds is 2. The summed E-state index contributed by atoms with van der Waals surface area (Å²) >= 11 is 0. The molecule has 0 aromatic carbocycles. The van der Waals surface area contributed by atoms with Gasteiger partial charge in [-0.05, 0) is 33.6 Å². The highest BCUT2D eigenvalue weighted by Gasteiger charge is 2.29. The highest BCUT2D eigenvalue weighted by atomic mass is 16.2. The molecular weight excluding hydrogens is 200 g/mol. The second-order valence-electron chi connectivity index (χ2n) is 5.75. The molecule has 0 radical (unpaired) electrons. The normalized spacial score (nSPS) is 19.8. The van der Waals surface area contributed by atoms with Crippen LogP contribution in [0.1, 0.15) is 47.0 Å². The topological polar surface area (TPSA) is 23.6 Å². The lowest BCUT2D eigenvalue weighted by atomic mass is 9.97. The SMILES string of the molecule is CCC(=O)N(C)C1CCN(C(C)(C)C)CC1. The zero-order valence-electron chi connectivity index (χ0n) is 11.4. The van der Waals surface area contributed by atoms with Crippen LogP contribution in [0.3, 0.4) is 0 Å². The number of piperidine rings is 1. The Labute approximate surface area is 99.8 Å².